The van der Waals surface area contributed by atoms with Crippen molar-refractivity contribution in [2.75, 3.05) is 13.7 Å². The summed E-state index contributed by atoms with van der Waals surface area (Å²) >= 11 is 6.18. The van der Waals surface area contributed by atoms with Crippen LogP contribution in [0.25, 0.3) is 0 Å². The lowest BCUT2D eigenvalue weighted by Crippen LogP contribution is -2.18. The molecule has 0 aromatic heterocycles. The molecule has 1 atom stereocenters. The minimum Gasteiger partial charge on any atom is -0.495 e. The van der Waals surface area contributed by atoms with Gasteiger partial charge in [-0.05, 0) is 23.1 Å². The highest BCUT2D eigenvalue weighted by molar-refractivity contribution is 6.32. The lowest BCUT2D eigenvalue weighted by Gasteiger charge is -2.23. The molecule has 0 spiro atoms. The summed E-state index contributed by atoms with van der Waals surface area (Å²) in [6, 6.07) is 3.35. The number of methoxy groups -OCH3 is 1. The molecule has 1 aromatic carbocycles. The van der Waals surface area contributed by atoms with Gasteiger partial charge in [-0.1, -0.05) is 32.4 Å². The van der Waals surface area contributed by atoms with E-state index in [0.29, 0.717) is 10.8 Å². The second-order valence-corrected chi connectivity index (χ2v) is 5.53. The molecule has 3 N–H and O–H groups in total. The van der Waals surface area contributed by atoms with Gasteiger partial charge in [0.25, 0.3) is 0 Å². The fourth-order valence-corrected chi connectivity index (χ4v) is 1.94. The molecule has 0 aliphatic rings. The third kappa shape index (κ3) is 3.12. The average Bonchev–Trinajstić information content (AvgIpc) is 2.25. The molecule has 0 saturated heterocycles. The van der Waals surface area contributed by atoms with E-state index < -0.39 is 6.04 Å². The molecule has 1 aromatic rings. The predicted octanol–water partition coefficient (Wildman–Crippen LogP) is 2.64. The smallest absolute Gasteiger partial charge is 0.142 e. The van der Waals surface area contributed by atoms with Crippen LogP contribution < -0.4 is 10.5 Å². The number of benzene rings is 1. The Labute approximate surface area is 108 Å². The number of nitrogens with two attached hydrogens (primary N) is 1. The third-order valence-corrected chi connectivity index (χ3v) is 3.02. The molecule has 0 aliphatic carbocycles. The monoisotopic (exact) mass is 257 g/mol. The van der Waals surface area contributed by atoms with Gasteiger partial charge in [-0.15, -0.1) is 0 Å². The van der Waals surface area contributed by atoms with E-state index in [-0.39, 0.29) is 12.0 Å². The molecule has 0 heterocycles. The summed E-state index contributed by atoms with van der Waals surface area (Å²) in [4.78, 5) is 0. The minimum atomic E-state index is -0.482. The Kier molecular flexibility index (Phi) is 4.42. The summed E-state index contributed by atoms with van der Waals surface area (Å²) in [7, 11) is 1.55. The molecule has 1 rings (SSSR count). The fourth-order valence-electron chi connectivity index (χ4n) is 1.64. The van der Waals surface area contributed by atoms with Crippen molar-refractivity contribution in [2.45, 2.75) is 32.2 Å². The van der Waals surface area contributed by atoms with Crippen LogP contribution in [-0.2, 0) is 5.41 Å². The molecular weight excluding hydrogens is 238 g/mol. The Morgan fingerprint density at radius 3 is 2.41 bits per heavy atom. The zero-order valence-electron chi connectivity index (χ0n) is 10.7. The van der Waals surface area contributed by atoms with Crippen LogP contribution >= 0.6 is 11.6 Å². The van der Waals surface area contributed by atoms with Gasteiger partial charge in [0.1, 0.15) is 5.75 Å². The van der Waals surface area contributed by atoms with Crippen molar-refractivity contribution in [2.24, 2.45) is 5.73 Å². The summed E-state index contributed by atoms with van der Waals surface area (Å²) in [5, 5.41) is 9.70. The number of halogens is 1. The van der Waals surface area contributed by atoms with Crippen molar-refractivity contribution in [1.82, 2.24) is 0 Å². The highest BCUT2D eigenvalue weighted by Gasteiger charge is 2.21. The van der Waals surface area contributed by atoms with Gasteiger partial charge < -0.3 is 15.6 Å². The van der Waals surface area contributed by atoms with Crippen molar-refractivity contribution >= 4 is 11.6 Å². The molecule has 0 bridgehead atoms. The molecular formula is C13H20ClNO2. The van der Waals surface area contributed by atoms with E-state index in [1.165, 1.54) is 0 Å². The summed E-state index contributed by atoms with van der Waals surface area (Å²) in [5.74, 6) is 0.543. The van der Waals surface area contributed by atoms with E-state index in [9.17, 15) is 0 Å². The average molecular weight is 258 g/mol. The summed E-state index contributed by atoms with van der Waals surface area (Å²) in [6.07, 6.45) is 0. The van der Waals surface area contributed by atoms with Gasteiger partial charge in [-0.25, -0.2) is 0 Å². The van der Waals surface area contributed by atoms with Crippen LogP contribution in [0.3, 0.4) is 0 Å². The summed E-state index contributed by atoms with van der Waals surface area (Å²) < 4.78 is 5.24. The van der Waals surface area contributed by atoms with E-state index in [2.05, 4.69) is 20.8 Å². The normalized spacial score (nSPS) is 13.6. The standard InChI is InChI=1S/C13H20ClNO2/c1-13(2,3)8-5-9(11(15)7-16)12(17-4)10(14)6-8/h5-6,11,16H,7,15H2,1-4H3. The van der Waals surface area contributed by atoms with Gasteiger partial charge >= 0.3 is 0 Å². The van der Waals surface area contributed by atoms with Gasteiger partial charge in [0.2, 0.25) is 0 Å². The minimum absolute atomic E-state index is 0.0279. The van der Waals surface area contributed by atoms with Crippen LogP contribution in [-0.4, -0.2) is 18.8 Å². The first-order valence-electron chi connectivity index (χ1n) is 5.55. The molecule has 0 fully saturated rings. The molecule has 3 nitrogen and oxygen atoms in total. The van der Waals surface area contributed by atoms with Gasteiger partial charge in [0.15, 0.2) is 0 Å². The highest BCUT2D eigenvalue weighted by atomic mass is 35.5. The number of hydrogen-bond acceptors (Lipinski definition) is 3. The zero-order chi connectivity index (χ0) is 13.2. The molecule has 4 heteroatoms. The second kappa shape index (κ2) is 5.25. The van der Waals surface area contributed by atoms with E-state index in [1.807, 2.05) is 12.1 Å². The molecule has 0 saturated carbocycles. The van der Waals surface area contributed by atoms with Gasteiger partial charge in [0.05, 0.1) is 24.8 Å². The highest BCUT2D eigenvalue weighted by Crippen LogP contribution is 2.36. The fraction of sp³-hybridized carbons (Fsp3) is 0.538. The first-order valence-corrected chi connectivity index (χ1v) is 5.93. The van der Waals surface area contributed by atoms with E-state index in [4.69, 9.17) is 27.2 Å². The van der Waals surface area contributed by atoms with Crippen molar-refractivity contribution in [3.8, 4) is 5.75 Å². The SMILES string of the molecule is COc1c(Cl)cc(C(C)(C)C)cc1C(N)CO. The number of hydrogen-bond donors (Lipinski definition) is 2. The van der Waals surface area contributed by atoms with Crippen molar-refractivity contribution in [1.29, 1.82) is 0 Å². The molecule has 17 heavy (non-hydrogen) atoms. The van der Waals surface area contributed by atoms with Crippen LogP contribution in [0.15, 0.2) is 12.1 Å². The van der Waals surface area contributed by atoms with Gasteiger partial charge in [-0.3, -0.25) is 0 Å². The Balaban J connectivity index is 3.39. The number of aliphatic hydroxyl groups is 1. The van der Waals surface area contributed by atoms with E-state index >= 15 is 0 Å². The molecule has 1 unspecified atom stereocenters. The molecule has 0 radical (unpaired) electrons. The van der Waals surface area contributed by atoms with Crippen molar-refractivity contribution in [3.05, 3.63) is 28.3 Å². The molecule has 96 valence electrons. The van der Waals surface area contributed by atoms with Crippen LogP contribution in [0.5, 0.6) is 5.75 Å². The Hall–Kier alpha value is -0.770. The van der Waals surface area contributed by atoms with Gasteiger partial charge in [-0.2, -0.15) is 0 Å². The topological polar surface area (TPSA) is 55.5 Å². The zero-order valence-corrected chi connectivity index (χ0v) is 11.5. The lowest BCUT2D eigenvalue weighted by atomic mass is 9.85. The van der Waals surface area contributed by atoms with Crippen molar-refractivity contribution < 1.29 is 9.84 Å². The number of rotatable bonds is 3. The van der Waals surface area contributed by atoms with Crippen LogP contribution in [0.1, 0.15) is 37.9 Å². The van der Waals surface area contributed by atoms with Crippen molar-refractivity contribution in [3.63, 3.8) is 0 Å². The maximum absolute atomic E-state index is 9.17. The molecule has 0 amide bonds. The first kappa shape index (κ1) is 14.3. The van der Waals surface area contributed by atoms with Crippen LogP contribution in [0.2, 0.25) is 5.02 Å². The maximum atomic E-state index is 9.17. The Morgan fingerprint density at radius 2 is 2.00 bits per heavy atom. The molecule has 0 aliphatic heterocycles. The van der Waals surface area contributed by atoms with Gasteiger partial charge in [0, 0.05) is 5.56 Å². The first-order chi connectivity index (χ1) is 7.81. The third-order valence-electron chi connectivity index (χ3n) is 2.74. The lowest BCUT2D eigenvalue weighted by molar-refractivity contribution is 0.264. The quantitative estimate of drug-likeness (QED) is 0.875. The Morgan fingerprint density at radius 1 is 1.41 bits per heavy atom. The van der Waals surface area contributed by atoms with E-state index in [1.54, 1.807) is 7.11 Å². The largest absolute Gasteiger partial charge is 0.495 e. The predicted molar refractivity (Wildman–Crippen MR) is 70.7 cm³/mol. The Bertz CT molecular complexity index is 399. The van der Waals surface area contributed by atoms with Crippen LogP contribution in [0, 0.1) is 0 Å². The number of aliphatic hydroxyl groups excluding tert-OH is 1. The second-order valence-electron chi connectivity index (χ2n) is 5.12. The van der Waals surface area contributed by atoms with Crippen LogP contribution in [0.4, 0.5) is 0 Å². The summed E-state index contributed by atoms with van der Waals surface area (Å²) in [6.45, 7) is 6.15. The summed E-state index contributed by atoms with van der Waals surface area (Å²) in [5.41, 5.74) is 7.65. The number of ether oxygens (including phenoxy) is 1. The van der Waals surface area contributed by atoms with E-state index in [0.717, 1.165) is 11.1 Å². The maximum Gasteiger partial charge on any atom is 0.142 e.